The molecule has 0 spiro atoms. The summed E-state index contributed by atoms with van der Waals surface area (Å²) in [5, 5.41) is 6.28. The van der Waals surface area contributed by atoms with Crippen molar-refractivity contribution >= 4 is 27.3 Å². The second kappa shape index (κ2) is 4.82. The molecule has 1 N–H and O–H groups in total. The number of carbonyl (C=O) groups excluding carboxylic acids is 1. The van der Waals surface area contributed by atoms with E-state index in [2.05, 4.69) is 15.2 Å². The van der Waals surface area contributed by atoms with Gasteiger partial charge in [0.1, 0.15) is 5.69 Å². The second-order valence-corrected chi connectivity index (χ2v) is 6.80. The molecule has 2 aliphatic heterocycles. The van der Waals surface area contributed by atoms with Gasteiger partial charge in [0.25, 0.3) is 5.91 Å². The molecule has 5 heteroatoms. The molecule has 2 aromatic rings. The molecule has 2 fully saturated rings. The second-order valence-electron chi connectivity index (χ2n) is 5.85. The van der Waals surface area contributed by atoms with Crippen LogP contribution in [-0.4, -0.2) is 41.5 Å². The lowest BCUT2D eigenvalue weighted by Gasteiger charge is -2.30. The normalized spacial score (nSPS) is 28.7. The molecule has 3 unspecified atom stereocenters. The molecule has 4 rings (SSSR count). The summed E-state index contributed by atoms with van der Waals surface area (Å²) in [4.78, 5) is 19.1. The standard InChI is InChI=1S/C15H17N3OS/c19-15(13-6-11-2-4-20-14(11)7-16-13)17-12-5-10-1-3-18(8-10)9-12/h2,4,6-7,10,12H,1,3,5,8-9H2,(H,17,19). The van der Waals surface area contributed by atoms with Crippen LogP contribution in [0.4, 0.5) is 0 Å². The van der Waals surface area contributed by atoms with Gasteiger partial charge in [-0.05, 0) is 48.2 Å². The molecule has 104 valence electrons. The number of rotatable bonds is 2. The van der Waals surface area contributed by atoms with Gasteiger partial charge in [0.2, 0.25) is 0 Å². The maximum atomic E-state index is 12.3. The van der Waals surface area contributed by atoms with Gasteiger partial charge in [-0.2, -0.15) is 0 Å². The summed E-state index contributed by atoms with van der Waals surface area (Å²) in [7, 11) is 0. The molecule has 0 radical (unpaired) electrons. The molecule has 1 amide bonds. The highest BCUT2D eigenvalue weighted by Gasteiger charge is 2.33. The van der Waals surface area contributed by atoms with Crippen LogP contribution in [-0.2, 0) is 0 Å². The Morgan fingerprint density at radius 2 is 2.40 bits per heavy atom. The van der Waals surface area contributed by atoms with Gasteiger partial charge in [0, 0.05) is 25.3 Å². The Balaban J connectivity index is 1.49. The molecule has 4 nitrogen and oxygen atoms in total. The number of nitrogens with one attached hydrogen (secondary N) is 1. The molecule has 2 aliphatic rings. The number of aromatic nitrogens is 1. The molecule has 20 heavy (non-hydrogen) atoms. The van der Waals surface area contributed by atoms with Crippen LogP contribution in [0, 0.1) is 5.92 Å². The fourth-order valence-electron chi connectivity index (χ4n) is 3.42. The summed E-state index contributed by atoms with van der Waals surface area (Å²) >= 11 is 1.65. The third-order valence-electron chi connectivity index (χ3n) is 4.37. The van der Waals surface area contributed by atoms with E-state index in [1.165, 1.54) is 19.5 Å². The Kier molecular flexibility index (Phi) is 2.97. The van der Waals surface area contributed by atoms with Gasteiger partial charge in [-0.25, -0.2) is 4.98 Å². The first-order valence-corrected chi connectivity index (χ1v) is 8.02. The lowest BCUT2D eigenvalue weighted by Crippen LogP contribution is -2.47. The fraction of sp³-hybridized carbons (Fsp3) is 0.467. The summed E-state index contributed by atoms with van der Waals surface area (Å²) in [6, 6.07) is 4.20. The number of pyridine rings is 1. The Morgan fingerprint density at radius 1 is 1.45 bits per heavy atom. The highest BCUT2D eigenvalue weighted by atomic mass is 32.1. The van der Waals surface area contributed by atoms with E-state index < -0.39 is 0 Å². The number of nitrogens with zero attached hydrogens (tertiary/aromatic N) is 2. The molecule has 3 atom stereocenters. The van der Waals surface area contributed by atoms with Crippen molar-refractivity contribution in [1.29, 1.82) is 0 Å². The quantitative estimate of drug-likeness (QED) is 0.920. The zero-order valence-electron chi connectivity index (χ0n) is 11.2. The average Bonchev–Trinajstić information content (AvgIpc) is 3.04. The molecule has 0 saturated carbocycles. The fourth-order valence-corrected chi connectivity index (χ4v) is 4.15. The Labute approximate surface area is 121 Å². The molecular formula is C15H17N3OS. The van der Waals surface area contributed by atoms with Crippen molar-refractivity contribution < 1.29 is 4.79 Å². The SMILES string of the molecule is O=C(NC1CC2CCN(C2)C1)c1cc2ccsc2cn1. The van der Waals surface area contributed by atoms with E-state index in [0.29, 0.717) is 5.69 Å². The van der Waals surface area contributed by atoms with Crippen molar-refractivity contribution in [2.45, 2.75) is 18.9 Å². The molecule has 2 saturated heterocycles. The number of carbonyl (C=O) groups is 1. The van der Waals surface area contributed by atoms with Crippen LogP contribution in [0.3, 0.4) is 0 Å². The first-order valence-electron chi connectivity index (χ1n) is 7.14. The van der Waals surface area contributed by atoms with Crippen molar-refractivity contribution in [3.05, 3.63) is 29.4 Å². The summed E-state index contributed by atoms with van der Waals surface area (Å²) < 4.78 is 1.13. The van der Waals surface area contributed by atoms with E-state index in [4.69, 9.17) is 0 Å². The van der Waals surface area contributed by atoms with Gasteiger partial charge in [-0.15, -0.1) is 11.3 Å². The Hall–Kier alpha value is -1.46. The van der Waals surface area contributed by atoms with E-state index in [9.17, 15) is 4.79 Å². The number of hydrogen-bond acceptors (Lipinski definition) is 4. The molecule has 2 bridgehead atoms. The van der Waals surface area contributed by atoms with Crippen LogP contribution in [0.25, 0.3) is 10.1 Å². The third-order valence-corrected chi connectivity index (χ3v) is 5.24. The topological polar surface area (TPSA) is 45.2 Å². The van der Waals surface area contributed by atoms with E-state index in [-0.39, 0.29) is 11.9 Å². The predicted molar refractivity (Wildman–Crippen MR) is 80.0 cm³/mol. The van der Waals surface area contributed by atoms with Gasteiger partial charge in [0.15, 0.2) is 0 Å². The number of piperidine rings is 1. The van der Waals surface area contributed by atoms with Gasteiger partial charge in [-0.3, -0.25) is 4.79 Å². The first kappa shape index (κ1) is 12.3. The summed E-state index contributed by atoms with van der Waals surface area (Å²) in [5.74, 6) is 0.729. The van der Waals surface area contributed by atoms with Crippen LogP contribution in [0.5, 0.6) is 0 Å². The van der Waals surface area contributed by atoms with Crippen LogP contribution in [0.2, 0.25) is 0 Å². The average molecular weight is 287 g/mol. The maximum Gasteiger partial charge on any atom is 0.270 e. The van der Waals surface area contributed by atoms with Gasteiger partial charge in [-0.1, -0.05) is 0 Å². The van der Waals surface area contributed by atoms with Crippen molar-refractivity contribution in [2.75, 3.05) is 19.6 Å². The number of thiophene rings is 1. The van der Waals surface area contributed by atoms with Crippen LogP contribution in [0.1, 0.15) is 23.3 Å². The number of hydrogen-bond donors (Lipinski definition) is 1. The van der Waals surface area contributed by atoms with Crippen LogP contribution >= 0.6 is 11.3 Å². The van der Waals surface area contributed by atoms with E-state index >= 15 is 0 Å². The molecule has 2 aromatic heterocycles. The Bertz CT molecular complexity index is 641. The van der Waals surface area contributed by atoms with E-state index in [0.717, 1.165) is 29.0 Å². The third kappa shape index (κ3) is 2.21. The lowest BCUT2D eigenvalue weighted by atomic mass is 9.97. The summed E-state index contributed by atoms with van der Waals surface area (Å²) in [5.41, 5.74) is 0.531. The summed E-state index contributed by atoms with van der Waals surface area (Å²) in [6.45, 7) is 3.39. The van der Waals surface area contributed by atoms with Crippen molar-refractivity contribution in [3.63, 3.8) is 0 Å². The molecule has 0 aromatic carbocycles. The van der Waals surface area contributed by atoms with E-state index in [1.54, 1.807) is 17.5 Å². The van der Waals surface area contributed by atoms with Crippen molar-refractivity contribution in [1.82, 2.24) is 15.2 Å². The number of amides is 1. The monoisotopic (exact) mass is 287 g/mol. The zero-order chi connectivity index (χ0) is 13.5. The minimum Gasteiger partial charge on any atom is -0.347 e. The smallest absolute Gasteiger partial charge is 0.270 e. The highest BCUT2D eigenvalue weighted by molar-refractivity contribution is 7.17. The highest BCUT2D eigenvalue weighted by Crippen LogP contribution is 2.27. The van der Waals surface area contributed by atoms with E-state index in [1.807, 2.05) is 17.5 Å². The lowest BCUT2D eigenvalue weighted by molar-refractivity contribution is 0.0904. The maximum absolute atomic E-state index is 12.3. The van der Waals surface area contributed by atoms with Crippen LogP contribution in [0.15, 0.2) is 23.7 Å². The minimum atomic E-state index is -0.0365. The molecular weight excluding hydrogens is 270 g/mol. The molecule has 0 aliphatic carbocycles. The summed E-state index contributed by atoms with van der Waals surface area (Å²) in [6.07, 6.45) is 4.19. The number of fused-ring (bicyclic) bond motifs is 3. The van der Waals surface area contributed by atoms with Crippen molar-refractivity contribution in [3.8, 4) is 0 Å². The van der Waals surface area contributed by atoms with Gasteiger partial charge in [0.05, 0.1) is 4.70 Å². The van der Waals surface area contributed by atoms with Crippen molar-refractivity contribution in [2.24, 2.45) is 5.92 Å². The predicted octanol–water partition coefficient (Wildman–Crippen LogP) is 2.12. The largest absolute Gasteiger partial charge is 0.347 e. The first-order chi connectivity index (χ1) is 9.78. The minimum absolute atomic E-state index is 0.0365. The van der Waals surface area contributed by atoms with Gasteiger partial charge >= 0.3 is 0 Å². The zero-order valence-corrected chi connectivity index (χ0v) is 12.0. The van der Waals surface area contributed by atoms with Crippen LogP contribution < -0.4 is 5.32 Å². The molecule has 4 heterocycles. The Morgan fingerprint density at radius 3 is 3.30 bits per heavy atom. The van der Waals surface area contributed by atoms with Gasteiger partial charge < -0.3 is 10.2 Å².